The molecule has 38 heavy (non-hydrogen) atoms. The highest BCUT2D eigenvalue weighted by Gasteiger charge is 2.19. The number of primary amides is 1. The number of halogens is 3. The summed E-state index contributed by atoms with van der Waals surface area (Å²) < 4.78 is 15.3. The van der Waals surface area contributed by atoms with Gasteiger partial charge in [-0.05, 0) is 73.4 Å². The van der Waals surface area contributed by atoms with Crippen LogP contribution in [0.4, 0.5) is 4.39 Å². The average molecular weight is 554 g/mol. The minimum Gasteiger partial charge on any atom is -0.368 e. The van der Waals surface area contributed by atoms with Crippen LogP contribution in [0.15, 0.2) is 73.1 Å². The van der Waals surface area contributed by atoms with Gasteiger partial charge in [0.2, 0.25) is 11.8 Å². The highest BCUT2D eigenvalue weighted by atomic mass is 35.5. The number of rotatable bonds is 11. The van der Waals surface area contributed by atoms with Crippen molar-refractivity contribution in [3.63, 3.8) is 0 Å². The molecule has 2 aromatic heterocycles. The predicted octanol–water partition coefficient (Wildman–Crippen LogP) is 5.31. The van der Waals surface area contributed by atoms with Crippen molar-refractivity contribution in [1.29, 1.82) is 0 Å². The lowest BCUT2D eigenvalue weighted by molar-refractivity contribution is -0.127. The molecule has 4 aromatic rings. The predicted molar refractivity (Wildman–Crippen MR) is 146 cm³/mol. The van der Waals surface area contributed by atoms with Crippen molar-refractivity contribution in [3.05, 3.63) is 100 Å². The van der Waals surface area contributed by atoms with Crippen LogP contribution in [-0.2, 0) is 22.4 Å². The quantitative estimate of drug-likeness (QED) is 0.246. The van der Waals surface area contributed by atoms with E-state index in [2.05, 4.69) is 10.3 Å². The minimum atomic E-state index is -0.914. The van der Waals surface area contributed by atoms with Gasteiger partial charge >= 0.3 is 0 Å². The first-order chi connectivity index (χ1) is 18.3. The number of pyridine rings is 1. The average Bonchev–Trinajstić information content (AvgIpc) is 3.32. The van der Waals surface area contributed by atoms with Crippen molar-refractivity contribution < 1.29 is 14.0 Å². The van der Waals surface area contributed by atoms with Crippen molar-refractivity contribution in [3.8, 4) is 16.9 Å². The van der Waals surface area contributed by atoms with Crippen molar-refractivity contribution >= 4 is 35.0 Å². The summed E-state index contributed by atoms with van der Waals surface area (Å²) in [5.41, 5.74) is 9.38. The molecular weight excluding hydrogens is 528 g/mol. The lowest BCUT2D eigenvalue weighted by atomic mass is 10.0. The molecule has 0 aliphatic carbocycles. The van der Waals surface area contributed by atoms with Crippen LogP contribution in [0.5, 0.6) is 0 Å². The Kier molecular flexibility index (Phi) is 9.10. The molecule has 0 fully saturated rings. The second-order valence-electron chi connectivity index (χ2n) is 8.84. The summed E-state index contributed by atoms with van der Waals surface area (Å²) in [6, 6.07) is 16.0. The molecule has 1 unspecified atom stereocenters. The molecule has 0 bridgehead atoms. The van der Waals surface area contributed by atoms with Crippen LogP contribution >= 0.6 is 23.2 Å². The standard InChI is InChI=1S/C28H26Cl2FN5O2/c29-23-11-10-22(15-24(23)30)36-21(16-25(35-36)19-6-4-12-33-17-19)8-1-2-9-27(37)34-26(28(32)38)14-18-5-3-7-20(31)13-18/h3-7,10-13,15-17,26H,1-2,8-9,14H2,(H2,32,38)(H,34,37). The van der Waals surface area contributed by atoms with Crippen LogP contribution in [0.25, 0.3) is 16.9 Å². The molecule has 10 heteroatoms. The van der Waals surface area contributed by atoms with Crippen LogP contribution in [0.3, 0.4) is 0 Å². The van der Waals surface area contributed by atoms with Crippen LogP contribution in [-0.4, -0.2) is 32.6 Å². The first-order valence-corrected chi connectivity index (χ1v) is 12.8. The van der Waals surface area contributed by atoms with Gasteiger partial charge in [-0.25, -0.2) is 9.07 Å². The number of unbranched alkanes of at least 4 members (excludes halogenated alkanes) is 1. The highest BCUT2D eigenvalue weighted by Crippen LogP contribution is 2.27. The summed E-state index contributed by atoms with van der Waals surface area (Å²) >= 11 is 12.3. The van der Waals surface area contributed by atoms with Crippen LogP contribution in [0.2, 0.25) is 10.0 Å². The number of carbonyl (C=O) groups excluding carboxylic acids is 2. The maximum atomic E-state index is 13.5. The zero-order chi connectivity index (χ0) is 27.1. The molecule has 0 aliphatic rings. The van der Waals surface area contributed by atoms with E-state index in [0.29, 0.717) is 34.9 Å². The number of nitrogens with zero attached hydrogens (tertiary/aromatic N) is 3. The lowest BCUT2D eigenvalue weighted by Gasteiger charge is -2.15. The Hall–Kier alpha value is -3.75. The second-order valence-corrected chi connectivity index (χ2v) is 9.65. The first kappa shape index (κ1) is 27.3. The smallest absolute Gasteiger partial charge is 0.240 e. The van der Waals surface area contributed by atoms with Crippen molar-refractivity contribution in [2.75, 3.05) is 0 Å². The van der Waals surface area contributed by atoms with Gasteiger partial charge in [-0.1, -0.05) is 35.3 Å². The molecule has 1 atom stereocenters. The van der Waals surface area contributed by atoms with Gasteiger partial charge < -0.3 is 11.1 Å². The summed E-state index contributed by atoms with van der Waals surface area (Å²) in [5, 5.41) is 8.30. The Morgan fingerprint density at radius 2 is 1.87 bits per heavy atom. The topological polar surface area (TPSA) is 103 Å². The number of hydrogen-bond donors (Lipinski definition) is 2. The van der Waals surface area contributed by atoms with E-state index in [1.165, 1.54) is 12.1 Å². The third-order valence-electron chi connectivity index (χ3n) is 5.98. The van der Waals surface area contributed by atoms with E-state index in [0.717, 1.165) is 22.6 Å². The molecule has 0 spiro atoms. The van der Waals surface area contributed by atoms with E-state index in [1.54, 1.807) is 36.7 Å². The van der Waals surface area contributed by atoms with Gasteiger partial charge in [-0.2, -0.15) is 5.10 Å². The molecule has 2 amide bonds. The third kappa shape index (κ3) is 7.18. The summed E-state index contributed by atoms with van der Waals surface area (Å²) in [6.07, 6.45) is 5.69. The van der Waals surface area contributed by atoms with Gasteiger partial charge in [0.15, 0.2) is 0 Å². The number of aromatic nitrogens is 3. The Morgan fingerprint density at radius 3 is 2.58 bits per heavy atom. The minimum absolute atomic E-state index is 0.124. The van der Waals surface area contributed by atoms with E-state index in [-0.39, 0.29) is 18.7 Å². The first-order valence-electron chi connectivity index (χ1n) is 12.1. The summed E-state index contributed by atoms with van der Waals surface area (Å²) in [6.45, 7) is 0. The Labute approximate surface area is 229 Å². The molecule has 2 aromatic carbocycles. The number of hydrogen-bond acceptors (Lipinski definition) is 4. The SMILES string of the molecule is NC(=O)C(Cc1cccc(F)c1)NC(=O)CCCCc1cc(-c2cccnc2)nn1-c1ccc(Cl)c(Cl)c1. The van der Waals surface area contributed by atoms with Crippen LogP contribution < -0.4 is 11.1 Å². The third-order valence-corrected chi connectivity index (χ3v) is 6.72. The zero-order valence-corrected chi connectivity index (χ0v) is 21.9. The summed E-state index contributed by atoms with van der Waals surface area (Å²) in [7, 11) is 0. The van der Waals surface area contributed by atoms with Gasteiger partial charge in [0, 0.05) is 36.5 Å². The molecule has 0 aliphatic heterocycles. The second kappa shape index (κ2) is 12.7. The molecule has 2 heterocycles. The molecule has 196 valence electrons. The lowest BCUT2D eigenvalue weighted by Crippen LogP contribution is -2.45. The van der Waals surface area contributed by atoms with Gasteiger partial charge in [0.1, 0.15) is 11.9 Å². The Bertz CT molecular complexity index is 1430. The summed E-state index contributed by atoms with van der Waals surface area (Å²) in [5.74, 6) is -1.38. The van der Waals surface area contributed by atoms with E-state index in [1.807, 2.05) is 28.9 Å². The molecule has 7 nitrogen and oxygen atoms in total. The fourth-order valence-corrected chi connectivity index (χ4v) is 4.37. The fourth-order valence-electron chi connectivity index (χ4n) is 4.07. The Balaban J connectivity index is 1.39. The van der Waals surface area contributed by atoms with Gasteiger partial charge in [-0.3, -0.25) is 14.6 Å². The highest BCUT2D eigenvalue weighted by molar-refractivity contribution is 6.42. The monoisotopic (exact) mass is 553 g/mol. The van der Waals surface area contributed by atoms with Crippen molar-refractivity contribution in [1.82, 2.24) is 20.1 Å². The largest absolute Gasteiger partial charge is 0.368 e. The van der Waals surface area contributed by atoms with Crippen molar-refractivity contribution in [2.45, 2.75) is 38.1 Å². The summed E-state index contributed by atoms with van der Waals surface area (Å²) in [4.78, 5) is 28.6. The number of nitrogens with two attached hydrogens (primary N) is 1. The molecule has 4 rings (SSSR count). The molecule has 0 saturated heterocycles. The van der Waals surface area contributed by atoms with Crippen LogP contribution in [0, 0.1) is 5.82 Å². The number of benzene rings is 2. The van der Waals surface area contributed by atoms with Crippen molar-refractivity contribution in [2.24, 2.45) is 5.73 Å². The number of carbonyl (C=O) groups is 2. The number of nitrogens with one attached hydrogen (secondary N) is 1. The number of amides is 2. The van der Waals surface area contributed by atoms with E-state index in [9.17, 15) is 14.0 Å². The Morgan fingerprint density at radius 1 is 1.03 bits per heavy atom. The van der Waals surface area contributed by atoms with E-state index < -0.39 is 17.8 Å². The molecule has 3 N–H and O–H groups in total. The zero-order valence-electron chi connectivity index (χ0n) is 20.4. The molecular formula is C28H26Cl2FN5O2. The van der Waals surface area contributed by atoms with Gasteiger partial charge in [0.05, 0.1) is 21.4 Å². The molecule has 0 radical (unpaired) electrons. The van der Waals surface area contributed by atoms with Gasteiger partial charge in [0.25, 0.3) is 0 Å². The van der Waals surface area contributed by atoms with E-state index >= 15 is 0 Å². The normalized spacial score (nSPS) is 11.8. The van der Waals surface area contributed by atoms with E-state index in [4.69, 9.17) is 34.0 Å². The van der Waals surface area contributed by atoms with Gasteiger partial charge in [-0.15, -0.1) is 0 Å². The maximum absolute atomic E-state index is 13.5. The fraction of sp³-hybridized carbons (Fsp3) is 0.214. The number of aryl methyl sites for hydroxylation is 1. The van der Waals surface area contributed by atoms with Crippen LogP contribution in [0.1, 0.15) is 30.5 Å². The maximum Gasteiger partial charge on any atom is 0.240 e. The molecule has 0 saturated carbocycles.